The number of halogens is 1. The van der Waals surface area contributed by atoms with Crippen molar-refractivity contribution in [2.75, 3.05) is 0 Å². The van der Waals surface area contributed by atoms with Gasteiger partial charge in [0.15, 0.2) is 0 Å². The van der Waals surface area contributed by atoms with Crippen molar-refractivity contribution in [2.24, 2.45) is 5.92 Å². The predicted octanol–water partition coefficient (Wildman–Crippen LogP) is 3.31. The molecule has 0 bridgehead atoms. The molecule has 0 rings (SSSR count). The lowest BCUT2D eigenvalue weighted by atomic mass is 10.1. The van der Waals surface area contributed by atoms with Gasteiger partial charge < -0.3 is 0 Å². The summed E-state index contributed by atoms with van der Waals surface area (Å²) in [5.74, 6) is 0.505. The van der Waals surface area contributed by atoms with Crippen LogP contribution in [0.1, 0.15) is 40.5 Å². The van der Waals surface area contributed by atoms with Crippen molar-refractivity contribution in [3.05, 3.63) is 0 Å². The average molecular weight is 159 g/mol. The molecule has 0 aromatic carbocycles. The number of rotatable bonds is 3. The molecule has 0 aliphatic rings. The van der Waals surface area contributed by atoms with Crippen molar-refractivity contribution in [2.45, 2.75) is 46.7 Å². The van der Waals surface area contributed by atoms with E-state index in [4.69, 9.17) is 5.26 Å². The Hall–Kier alpha value is -0.580. The van der Waals surface area contributed by atoms with Gasteiger partial charge in [0.1, 0.15) is 6.17 Å². The minimum atomic E-state index is -0.574. The molecule has 1 nitrogen and oxygen atoms in total. The first-order chi connectivity index (χ1) is 5.08. The molecule has 0 radical (unpaired) electrons. The third-order valence-corrected chi connectivity index (χ3v) is 1.17. The van der Waals surface area contributed by atoms with Crippen LogP contribution < -0.4 is 0 Å². The molecule has 11 heavy (non-hydrogen) atoms. The first kappa shape index (κ1) is 13.0. The zero-order valence-electron chi connectivity index (χ0n) is 7.89. The Bertz CT molecular complexity index is 105. The van der Waals surface area contributed by atoms with Crippen LogP contribution in [0.15, 0.2) is 0 Å². The van der Waals surface area contributed by atoms with E-state index in [1.165, 1.54) is 6.92 Å². The van der Waals surface area contributed by atoms with E-state index in [1.54, 1.807) is 6.07 Å². The number of alkyl halides is 1. The zero-order valence-corrected chi connectivity index (χ0v) is 7.89. The van der Waals surface area contributed by atoms with Crippen molar-refractivity contribution in [3.8, 4) is 6.07 Å². The van der Waals surface area contributed by atoms with E-state index in [0.717, 1.165) is 6.42 Å². The van der Waals surface area contributed by atoms with E-state index < -0.39 is 6.17 Å². The van der Waals surface area contributed by atoms with Gasteiger partial charge in [0.2, 0.25) is 0 Å². The molecule has 0 spiro atoms. The zero-order chi connectivity index (χ0) is 9.28. The highest BCUT2D eigenvalue weighted by Gasteiger charge is 2.04. The van der Waals surface area contributed by atoms with Gasteiger partial charge in [-0.05, 0) is 18.8 Å². The Morgan fingerprint density at radius 1 is 1.45 bits per heavy atom. The molecular weight excluding hydrogens is 141 g/mol. The fraction of sp³-hybridized carbons (Fsp3) is 0.889. The maximum atomic E-state index is 12.4. The Morgan fingerprint density at radius 2 is 1.82 bits per heavy atom. The van der Waals surface area contributed by atoms with E-state index in [1.807, 2.05) is 20.8 Å². The van der Waals surface area contributed by atoms with Gasteiger partial charge in [-0.3, -0.25) is 0 Å². The van der Waals surface area contributed by atoms with Crippen molar-refractivity contribution in [1.29, 1.82) is 5.26 Å². The van der Waals surface area contributed by atoms with Gasteiger partial charge >= 0.3 is 0 Å². The summed E-state index contributed by atoms with van der Waals surface area (Å²) < 4.78 is 12.4. The van der Waals surface area contributed by atoms with Crippen LogP contribution in [0.5, 0.6) is 0 Å². The van der Waals surface area contributed by atoms with Crippen molar-refractivity contribution in [3.63, 3.8) is 0 Å². The van der Waals surface area contributed by atoms with Gasteiger partial charge in [-0.25, -0.2) is 4.39 Å². The van der Waals surface area contributed by atoms with Crippen LogP contribution >= 0.6 is 0 Å². The van der Waals surface area contributed by atoms with Gasteiger partial charge in [0.05, 0.1) is 6.07 Å². The third kappa shape index (κ3) is 17.7. The van der Waals surface area contributed by atoms with Gasteiger partial charge in [-0.2, -0.15) is 5.26 Å². The molecule has 0 aromatic rings. The number of nitrogens with zero attached hydrogens (tertiary/aromatic N) is 1. The van der Waals surface area contributed by atoms with Crippen LogP contribution in [-0.2, 0) is 0 Å². The summed E-state index contributed by atoms with van der Waals surface area (Å²) in [7, 11) is 0. The second-order valence-corrected chi connectivity index (χ2v) is 2.86. The Morgan fingerprint density at radius 3 is 1.91 bits per heavy atom. The highest BCUT2D eigenvalue weighted by molar-refractivity contribution is 4.54. The highest BCUT2D eigenvalue weighted by Crippen LogP contribution is 2.09. The van der Waals surface area contributed by atoms with Crippen LogP contribution in [0.4, 0.5) is 4.39 Å². The van der Waals surface area contributed by atoms with Gasteiger partial charge in [-0.1, -0.05) is 20.8 Å². The molecule has 1 unspecified atom stereocenters. The van der Waals surface area contributed by atoms with Gasteiger partial charge in [0, 0.05) is 6.92 Å². The maximum absolute atomic E-state index is 12.4. The third-order valence-electron chi connectivity index (χ3n) is 1.17. The molecule has 0 aliphatic carbocycles. The summed E-state index contributed by atoms with van der Waals surface area (Å²) in [6.45, 7) is 7.40. The van der Waals surface area contributed by atoms with Crippen LogP contribution in [0.3, 0.4) is 0 Å². The van der Waals surface area contributed by atoms with E-state index in [-0.39, 0.29) is 0 Å². The molecule has 0 saturated carbocycles. The summed E-state index contributed by atoms with van der Waals surface area (Å²) in [4.78, 5) is 0. The minimum absolute atomic E-state index is 0.505. The van der Waals surface area contributed by atoms with Crippen LogP contribution in [-0.4, -0.2) is 6.17 Å². The molecule has 66 valence electrons. The van der Waals surface area contributed by atoms with Crippen molar-refractivity contribution >= 4 is 0 Å². The average Bonchev–Trinajstić information content (AvgIpc) is 1.88. The molecule has 0 amide bonds. The van der Waals surface area contributed by atoms with Gasteiger partial charge in [0.25, 0.3) is 0 Å². The summed E-state index contributed by atoms with van der Waals surface area (Å²) >= 11 is 0. The lowest BCUT2D eigenvalue weighted by Crippen LogP contribution is -2.01. The fourth-order valence-corrected chi connectivity index (χ4v) is 0.678. The molecule has 0 saturated heterocycles. The second-order valence-electron chi connectivity index (χ2n) is 2.86. The molecule has 2 heteroatoms. The molecular formula is C9H18FN. The molecule has 0 aliphatic heterocycles. The maximum Gasteiger partial charge on any atom is 0.100 e. The largest absolute Gasteiger partial charge is 0.247 e. The molecule has 0 aromatic heterocycles. The molecule has 1 atom stereocenters. The van der Waals surface area contributed by atoms with Crippen LogP contribution in [0.2, 0.25) is 0 Å². The van der Waals surface area contributed by atoms with Gasteiger partial charge in [-0.15, -0.1) is 0 Å². The Balaban J connectivity index is 0. The lowest BCUT2D eigenvalue weighted by Gasteiger charge is -2.06. The van der Waals surface area contributed by atoms with E-state index >= 15 is 0 Å². The molecule has 0 heterocycles. The van der Waals surface area contributed by atoms with Crippen molar-refractivity contribution < 1.29 is 4.39 Å². The van der Waals surface area contributed by atoms with Crippen LogP contribution in [0.25, 0.3) is 0 Å². The van der Waals surface area contributed by atoms with E-state index in [2.05, 4.69) is 0 Å². The molecule has 0 N–H and O–H groups in total. The van der Waals surface area contributed by atoms with E-state index in [9.17, 15) is 4.39 Å². The summed E-state index contributed by atoms with van der Waals surface area (Å²) in [5.41, 5.74) is 0. The first-order valence-corrected chi connectivity index (χ1v) is 4.03. The lowest BCUT2D eigenvalue weighted by molar-refractivity contribution is 0.275. The molecule has 0 fully saturated rings. The topological polar surface area (TPSA) is 23.8 Å². The summed E-state index contributed by atoms with van der Waals surface area (Å²) in [5, 5.41) is 7.32. The van der Waals surface area contributed by atoms with E-state index in [0.29, 0.717) is 12.3 Å². The highest BCUT2D eigenvalue weighted by atomic mass is 19.1. The summed E-state index contributed by atoms with van der Waals surface area (Å²) in [6, 6.07) is 1.75. The fourth-order valence-electron chi connectivity index (χ4n) is 0.678. The quantitative estimate of drug-likeness (QED) is 0.619. The monoisotopic (exact) mass is 159 g/mol. The smallest absolute Gasteiger partial charge is 0.100 e. The predicted molar refractivity (Wildman–Crippen MR) is 45.9 cm³/mol. The standard InChI is InChI=1S/C7H15F.C2H3N/c1-4-7(8)5-6(2)3;1-2-3/h6-7H,4-5H2,1-3H3;1H3. The number of nitriles is 1. The first-order valence-electron chi connectivity index (χ1n) is 4.03. The van der Waals surface area contributed by atoms with Crippen molar-refractivity contribution in [1.82, 2.24) is 0 Å². The normalized spacial score (nSPS) is 11.4. The summed E-state index contributed by atoms with van der Waals surface area (Å²) in [6.07, 6.45) is 0.810. The number of hydrogen-bond acceptors (Lipinski definition) is 1. The Labute approximate surface area is 69.2 Å². The SMILES string of the molecule is CC#N.CCC(F)CC(C)C. The Kier molecular flexibility index (Phi) is 11.2. The second kappa shape index (κ2) is 9.42. The minimum Gasteiger partial charge on any atom is -0.247 e. The number of hydrogen-bond donors (Lipinski definition) is 0. The van der Waals surface area contributed by atoms with Crippen LogP contribution in [0, 0.1) is 17.2 Å².